The van der Waals surface area contributed by atoms with Crippen LogP contribution in [0, 0.1) is 10.1 Å². The van der Waals surface area contributed by atoms with Gasteiger partial charge in [0, 0.05) is 25.1 Å². The van der Waals surface area contributed by atoms with Gasteiger partial charge in [-0.15, -0.1) is 0 Å². The summed E-state index contributed by atoms with van der Waals surface area (Å²) < 4.78 is 9.62. The summed E-state index contributed by atoms with van der Waals surface area (Å²) in [6, 6.07) is 9.76. The first-order valence-electron chi connectivity index (χ1n) is 7.93. The number of hydrogen-bond donors (Lipinski definition) is 0. The van der Waals surface area contributed by atoms with Crippen molar-refractivity contribution in [2.24, 2.45) is 0 Å². The van der Waals surface area contributed by atoms with Crippen LogP contribution in [0.5, 0.6) is 0 Å². The zero-order valence-electron chi connectivity index (χ0n) is 14.4. The molecule has 0 bridgehead atoms. The van der Waals surface area contributed by atoms with Gasteiger partial charge in [0.1, 0.15) is 0 Å². The summed E-state index contributed by atoms with van der Waals surface area (Å²) in [5.41, 5.74) is 0.190. The molecule has 0 aliphatic heterocycles. The molecule has 140 valence electrons. The monoisotopic (exact) mass is 380 g/mol. The summed E-state index contributed by atoms with van der Waals surface area (Å²) in [6.07, 6.45) is 2.98. The molecule has 0 saturated carbocycles. The van der Waals surface area contributed by atoms with Gasteiger partial charge in [-0.3, -0.25) is 14.9 Å². The number of benzene rings is 2. The number of nitrogens with zero attached hydrogens (tertiary/aromatic N) is 2. The van der Waals surface area contributed by atoms with Gasteiger partial charge in [-0.05, 0) is 42.0 Å². The second-order valence-corrected chi connectivity index (χ2v) is 5.63. The topological polar surface area (TPSA) is 130 Å². The lowest BCUT2D eigenvalue weighted by Gasteiger charge is -2.02. The summed E-state index contributed by atoms with van der Waals surface area (Å²) in [5, 5.41) is 10.8. The number of ether oxygens (including phenoxy) is 1. The molecule has 0 atom stereocenters. The van der Waals surface area contributed by atoms with Crippen molar-refractivity contribution in [1.29, 1.82) is 0 Å². The Kier molecular flexibility index (Phi) is 5.07. The highest BCUT2D eigenvalue weighted by Crippen LogP contribution is 2.16. The number of non-ortho nitro benzene ring substituents is 1. The minimum absolute atomic E-state index is 0.0204. The molecule has 1 aromatic heterocycles. The molecule has 9 heteroatoms. The first kappa shape index (κ1) is 18.6. The third kappa shape index (κ3) is 4.15. The Hall–Kier alpha value is -4.14. The number of hydrogen-bond acceptors (Lipinski definition) is 8. The molecular weight excluding hydrogens is 368 g/mol. The van der Waals surface area contributed by atoms with E-state index in [1.54, 1.807) is 6.08 Å². The largest absolute Gasteiger partial charge is 0.404 e. The van der Waals surface area contributed by atoms with E-state index in [0.29, 0.717) is 5.56 Å². The van der Waals surface area contributed by atoms with Gasteiger partial charge >= 0.3 is 17.6 Å². The Morgan fingerprint density at radius 1 is 1.14 bits per heavy atom. The minimum Gasteiger partial charge on any atom is -0.404 e. The van der Waals surface area contributed by atoms with Gasteiger partial charge in [0.2, 0.25) is 5.89 Å². The Labute approximate surface area is 157 Å². The number of carbonyl (C=O) groups excluding carboxylic acids is 2. The molecule has 0 fully saturated rings. The summed E-state index contributed by atoms with van der Waals surface area (Å²) in [4.78, 5) is 49.2. The average molecular weight is 380 g/mol. The van der Waals surface area contributed by atoms with E-state index in [1.807, 2.05) is 0 Å². The van der Waals surface area contributed by atoms with Crippen LogP contribution >= 0.6 is 0 Å². The van der Waals surface area contributed by atoms with E-state index in [9.17, 15) is 24.5 Å². The van der Waals surface area contributed by atoms with E-state index < -0.39 is 22.5 Å². The van der Waals surface area contributed by atoms with E-state index >= 15 is 0 Å². The Morgan fingerprint density at radius 2 is 1.86 bits per heavy atom. The minimum atomic E-state index is -0.854. The van der Waals surface area contributed by atoms with Crippen molar-refractivity contribution in [3.8, 4) is 0 Å². The summed E-state index contributed by atoms with van der Waals surface area (Å²) in [6.45, 7) is 1.10. The molecule has 28 heavy (non-hydrogen) atoms. The highest BCUT2D eigenvalue weighted by Gasteiger charge is 2.13. The van der Waals surface area contributed by atoms with Crippen molar-refractivity contribution in [1.82, 2.24) is 4.98 Å². The number of nitro benzene ring substituents is 1. The van der Waals surface area contributed by atoms with Crippen LogP contribution < -0.4 is 5.63 Å². The molecule has 0 radical (unpaired) electrons. The van der Waals surface area contributed by atoms with Crippen LogP contribution in [0.4, 0.5) is 5.69 Å². The van der Waals surface area contributed by atoms with Gasteiger partial charge < -0.3 is 9.15 Å². The van der Waals surface area contributed by atoms with Gasteiger partial charge in [-0.1, -0.05) is 0 Å². The number of nitro groups is 1. The maximum atomic E-state index is 12.1. The maximum Gasteiger partial charge on any atom is 0.347 e. The Balaban J connectivity index is 1.93. The lowest BCUT2D eigenvalue weighted by atomic mass is 10.1. The quantitative estimate of drug-likeness (QED) is 0.292. The second kappa shape index (κ2) is 7.62. The maximum absolute atomic E-state index is 12.1. The van der Waals surface area contributed by atoms with Crippen LogP contribution in [0.3, 0.4) is 0 Å². The smallest absolute Gasteiger partial charge is 0.347 e. The SMILES string of the molecule is CC(=O)OC(=O)c1ccc2c(=O)oc(/C=C/c3ccc([N+](=O)[O-])cc3)nc2c1. The van der Waals surface area contributed by atoms with Gasteiger partial charge in [0.25, 0.3) is 5.69 Å². The predicted molar refractivity (Wildman–Crippen MR) is 98.4 cm³/mol. The van der Waals surface area contributed by atoms with Crippen molar-refractivity contribution >= 4 is 40.7 Å². The second-order valence-electron chi connectivity index (χ2n) is 5.63. The standard InChI is InChI=1S/C19H12N2O7/c1-11(22)27-18(23)13-5-8-15-16(10-13)20-17(28-19(15)24)9-4-12-2-6-14(7-3-12)21(25)26/h2-10H,1H3/b9-4+. The number of esters is 2. The number of carbonyl (C=O) groups is 2. The van der Waals surface area contributed by atoms with Crippen LogP contribution in [0.25, 0.3) is 23.1 Å². The lowest BCUT2D eigenvalue weighted by Crippen LogP contribution is -2.10. The van der Waals surface area contributed by atoms with Crippen LogP contribution in [0.15, 0.2) is 51.7 Å². The van der Waals surface area contributed by atoms with Gasteiger partial charge in [-0.2, -0.15) is 0 Å². The van der Waals surface area contributed by atoms with E-state index in [1.165, 1.54) is 48.5 Å². The molecule has 9 nitrogen and oxygen atoms in total. The van der Waals surface area contributed by atoms with Crippen molar-refractivity contribution in [2.45, 2.75) is 6.92 Å². The predicted octanol–water partition coefficient (Wildman–Crippen LogP) is 2.97. The first-order valence-corrected chi connectivity index (χ1v) is 7.93. The van der Waals surface area contributed by atoms with Crippen molar-refractivity contribution in [3.05, 3.63) is 80.0 Å². The van der Waals surface area contributed by atoms with Gasteiger partial charge in [0.05, 0.1) is 21.4 Å². The molecule has 0 amide bonds. The highest BCUT2D eigenvalue weighted by molar-refractivity contribution is 5.98. The van der Waals surface area contributed by atoms with Crippen molar-refractivity contribution < 1.29 is 23.7 Å². The van der Waals surface area contributed by atoms with E-state index in [2.05, 4.69) is 9.72 Å². The lowest BCUT2D eigenvalue weighted by molar-refractivity contribution is -0.384. The van der Waals surface area contributed by atoms with Crippen LogP contribution in [-0.4, -0.2) is 21.8 Å². The molecule has 0 spiro atoms. The van der Waals surface area contributed by atoms with Gasteiger partial charge in [-0.25, -0.2) is 14.6 Å². The van der Waals surface area contributed by atoms with E-state index in [4.69, 9.17) is 4.42 Å². The molecule has 0 N–H and O–H groups in total. The number of rotatable bonds is 4. The van der Waals surface area contributed by atoms with E-state index in [-0.39, 0.29) is 28.0 Å². The van der Waals surface area contributed by atoms with Crippen LogP contribution in [-0.2, 0) is 9.53 Å². The third-order valence-corrected chi connectivity index (χ3v) is 3.64. The molecule has 0 unspecified atom stereocenters. The molecule has 0 saturated heterocycles. The number of fused-ring (bicyclic) bond motifs is 1. The zero-order chi connectivity index (χ0) is 20.3. The highest BCUT2D eigenvalue weighted by atomic mass is 16.6. The molecule has 3 rings (SSSR count). The summed E-state index contributed by atoms with van der Waals surface area (Å²) in [5.74, 6) is -1.63. The summed E-state index contributed by atoms with van der Waals surface area (Å²) in [7, 11) is 0. The number of aromatic nitrogens is 1. The summed E-state index contributed by atoms with van der Waals surface area (Å²) >= 11 is 0. The normalized spacial score (nSPS) is 10.9. The molecule has 0 aliphatic rings. The van der Waals surface area contributed by atoms with Crippen molar-refractivity contribution in [3.63, 3.8) is 0 Å². The van der Waals surface area contributed by atoms with Crippen LogP contribution in [0.1, 0.15) is 28.7 Å². The third-order valence-electron chi connectivity index (χ3n) is 3.64. The zero-order valence-corrected chi connectivity index (χ0v) is 14.4. The molecule has 3 aromatic rings. The van der Waals surface area contributed by atoms with Crippen LogP contribution in [0.2, 0.25) is 0 Å². The van der Waals surface area contributed by atoms with Crippen molar-refractivity contribution in [2.75, 3.05) is 0 Å². The Bertz CT molecular complexity index is 1180. The Morgan fingerprint density at radius 3 is 2.50 bits per heavy atom. The molecule has 2 aromatic carbocycles. The fourth-order valence-corrected chi connectivity index (χ4v) is 2.35. The van der Waals surface area contributed by atoms with Gasteiger partial charge in [0.15, 0.2) is 0 Å². The first-order chi connectivity index (χ1) is 13.3. The average Bonchev–Trinajstić information content (AvgIpc) is 2.65. The molecular formula is C19H12N2O7. The fourth-order valence-electron chi connectivity index (χ4n) is 2.35. The molecule has 0 aliphatic carbocycles. The fraction of sp³-hybridized carbons (Fsp3) is 0.0526. The van der Waals surface area contributed by atoms with E-state index in [0.717, 1.165) is 6.92 Å². The molecule has 1 heterocycles.